The topological polar surface area (TPSA) is 72.0 Å². The quantitative estimate of drug-likeness (QED) is 0.797. The molecule has 0 fully saturated rings. The van der Waals surface area contributed by atoms with Crippen LogP contribution in [0.25, 0.3) is 11.0 Å². The van der Waals surface area contributed by atoms with E-state index in [2.05, 4.69) is 14.7 Å². The first-order valence-corrected chi connectivity index (χ1v) is 8.34. The molecule has 3 aromatic rings. The van der Waals surface area contributed by atoms with Crippen molar-refractivity contribution in [1.29, 1.82) is 0 Å². The highest BCUT2D eigenvalue weighted by molar-refractivity contribution is 7.92. The number of fused-ring (bicyclic) bond motifs is 1. The summed E-state index contributed by atoms with van der Waals surface area (Å²) < 4.78 is 27.3. The minimum absolute atomic E-state index is 0.0101. The van der Waals surface area contributed by atoms with E-state index in [0.29, 0.717) is 16.6 Å². The van der Waals surface area contributed by atoms with Gasteiger partial charge in [-0.2, -0.15) is 0 Å². The highest BCUT2D eigenvalue weighted by Crippen LogP contribution is 2.24. The van der Waals surface area contributed by atoms with Crippen LogP contribution in [0.5, 0.6) is 0 Å². The molecule has 0 bridgehead atoms. The predicted molar refractivity (Wildman–Crippen MR) is 86.5 cm³/mol. The Labute approximate surface area is 133 Å². The third kappa shape index (κ3) is 2.75. The average molecular weight is 334 g/mol. The number of benzene rings is 2. The molecule has 0 radical (unpaired) electrons. The molecular weight excluding hydrogens is 322 g/mol. The SMILES string of the molecule is Cc1ccccc1S(=O)(=O)Nc1nc2ccccc2nc1Cl. The molecule has 1 heterocycles. The van der Waals surface area contributed by atoms with Gasteiger partial charge in [-0.3, -0.25) is 4.72 Å². The van der Waals surface area contributed by atoms with Gasteiger partial charge in [0.25, 0.3) is 10.0 Å². The van der Waals surface area contributed by atoms with Gasteiger partial charge in [0.05, 0.1) is 15.9 Å². The first kappa shape index (κ1) is 14.7. The van der Waals surface area contributed by atoms with Crippen molar-refractivity contribution in [2.75, 3.05) is 4.72 Å². The Kier molecular flexibility index (Phi) is 3.72. The monoisotopic (exact) mass is 333 g/mol. The molecule has 0 saturated heterocycles. The number of nitrogens with one attached hydrogen (secondary N) is 1. The molecule has 0 aliphatic rings. The van der Waals surface area contributed by atoms with Gasteiger partial charge in [-0.05, 0) is 30.7 Å². The summed E-state index contributed by atoms with van der Waals surface area (Å²) in [6.07, 6.45) is 0. The summed E-state index contributed by atoms with van der Waals surface area (Å²) in [5, 5.41) is 0.0101. The second-order valence-corrected chi connectivity index (χ2v) is 6.73. The molecule has 0 aliphatic heterocycles. The summed E-state index contributed by atoms with van der Waals surface area (Å²) in [6, 6.07) is 13.8. The van der Waals surface area contributed by atoms with Gasteiger partial charge in [-0.15, -0.1) is 0 Å². The largest absolute Gasteiger partial charge is 0.263 e. The molecule has 1 N–H and O–H groups in total. The Bertz CT molecular complexity index is 958. The lowest BCUT2D eigenvalue weighted by molar-refractivity contribution is 0.600. The zero-order valence-electron chi connectivity index (χ0n) is 11.6. The maximum Gasteiger partial charge on any atom is 0.263 e. The average Bonchev–Trinajstić information content (AvgIpc) is 2.48. The van der Waals surface area contributed by atoms with Gasteiger partial charge in [0.2, 0.25) is 0 Å². The summed E-state index contributed by atoms with van der Waals surface area (Å²) in [6.45, 7) is 1.72. The molecule has 5 nitrogen and oxygen atoms in total. The molecule has 0 amide bonds. The molecule has 0 aliphatic carbocycles. The van der Waals surface area contributed by atoms with Crippen LogP contribution in [0.15, 0.2) is 53.4 Å². The molecule has 112 valence electrons. The van der Waals surface area contributed by atoms with Crippen LogP contribution in [0, 0.1) is 6.92 Å². The first-order valence-electron chi connectivity index (χ1n) is 6.48. The number of aryl methyl sites for hydroxylation is 1. The van der Waals surface area contributed by atoms with Crippen molar-refractivity contribution >= 4 is 38.5 Å². The smallest absolute Gasteiger partial charge is 0.261 e. The first-order chi connectivity index (χ1) is 10.5. The van der Waals surface area contributed by atoms with Crippen molar-refractivity contribution in [2.45, 2.75) is 11.8 Å². The van der Waals surface area contributed by atoms with Gasteiger partial charge < -0.3 is 0 Å². The second-order valence-electron chi connectivity index (χ2n) is 4.72. The van der Waals surface area contributed by atoms with Crippen molar-refractivity contribution in [2.24, 2.45) is 0 Å². The summed E-state index contributed by atoms with van der Waals surface area (Å²) in [4.78, 5) is 8.56. The summed E-state index contributed by atoms with van der Waals surface area (Å²) in [5.74, 6) is 0.0172. The van der Waals surface area contributed by atoms with Gasteiger partial charge in [0, 0.05) is 0 Å². The molecule has 2 aromatic carbocycles. The summed E-state index contributed by atoms with van der Waals surface area (Å²) in [7, 11) is -3.77. The lowest BCUT2D eigenvalue weighted by atomic mass is 10.2. The van der Waals surface area contributed by atoms with E-state index in [9.17, 15) is 8.42 Å². The molecule has 0 spiro atoms. The number of rotatable bonds is 3. The van der Waals surface area contributed by atoms with Crippen LogP contribution < -0.4 is 4.72 Å². The number of hydrogen-bond donors (Lipinski definition) is 1. The second kappa shape index (κ2) is 5.55. The van der Waals surface area contributed by atoms with Crippen molar-refractivity contribution in [3.63, 3.8) is 0 Å². The van der Waals surface area contributed by atoms with Gasteiger partial charge in [0.1, 0.15) is 0 Å². The fraction of sp³-hybridized carbons (Fsp3) is 0.0667. The zero-order chi connectivity index (χ0) is 15.7. The molecule has 3 rings (SSSR count). The van der Waals surface area contributed by atoms with Crippen LogP contribution in [0.4, 0.5) is 5.82 Å². The lowest BCUT2D eigenvalue weighted by Crippen LogP contribution is -2.15. The normalized spacial score (nSPS) is 11.5. The van der Waals surface area contributed by atoms with Crippen molar-refractivity contribution in [1.82, 2.24) is 9.97 Å². The third-order valence-electron chi connectivity index (χ3n) is 3.14. The van der Waals surface area contributed by atoms with Crippen LogP contribution in [-0.2, 0) is 10.0 Å². The molecule has 0 atom stereocenters. The highest BCUT2D eigenvalue weighted by Gasteiger charge is 2.19. The van der Waals surface area contributed by atoms with E-state index in [4.69, 9.17) is 11.6 Å². The number of anilines is 1. The molecule has 1 aromatic heterocycles. The minimum Gasteiger partial charge on any atom is -0.261 e. The fourth-order valence-electron chi connectivity index (χ4n) is 2.08. The van der Waals surface area contributed by atoms with Crippen LogP contribution in [0.2, 0.25) is 5.15 Å². The van der Waals surface area contributed by atoms with E-state index in [1.165, 1.54) is 6.07 Å². The summed E-state index contributed by atoms with van der Waals surface area (Å²) >= 11 is 6.04. The standard InChI is InChI=1S/C15H12ClN3O2S/c1-10-6-2-5-9-13(10)22(20,21)19-15-14(16)17-11-7-3-4-8-12(11)18-15/h2-9H,1H3,(H,18,19). The molecule has 7 heteroatoms. The summed E-state index contributed by atoms with van der Waals surface area (Å²) in [5.41, 5.74) is 1.81. The van der Waals surface area contributed by atoms with E-state index in [0.717, 1.165) is 0 Å². The number of hydrogen-bond acceptors (Lipinski definition) is 4. The van der Waals surface area contributed by atoms with E-state index in [-0.39, 0.29) is 15.9 Å². The molecule has 0 saturated carbocycles. The van der Waals surface area contributed by atoms with Crippen LogP contribution >= 0.6 is 11.6 Å². The maximum atomic E-state index is 12.5. The van der Waals surface area contributed by atoms with E-state index < -0.39 is 10.0 Å². The number of sulfonamides is 1. The van der Waals surface area contributed by atoms with E-state index in [1.54, 1.807) is 43.3 Å². The molecule has 22 heavy (non-hydrogen) atoms. The van der Waals surface area contributed by atoms with Crippen molar-refractivity contribution in [3.05, 3.63) is 59.2 Å². The Morgan fingerprint density at radius 1 is 0.955 bits per heavy atom. The van der Waals surface area contributed by atoms with Gasteiger partial charge in [-0.25, -0.2) is 18.4 Å². The third-order valence-corrected chi connectivity index (χ3v) is 4.90. The van der Waals surface area contributed by atoms with E-state index >= 15 is 0 Å². The zero-order valence-corrected chi connectivity index (χ0v) is 13.2. The van der Waals surface area contributed by atoms with Crippen LogP contribution in [0.3, 0.4) is 0 Å². The van der Waals surface area contributed by atoms with Crippen molar-refractivity contribution in [3.8, 4) is 0 Å². The van der Waals surface area contributed by atoms with Crippen LogP contribution in [0.1, 0.15) is 5.56 Å². The number of nitrogens with zero attached hydrogens (tertiary/aromatic N) is 2. The fourth-order valence-corrected chi connectivity index (χ4v) is 3.58. The van der Waals surface area contributed by atoms with Crippen molar-refractivity contribution < 1.29 is 8.42 Å². The predicted octanol–water partition coefficient (Wildman–Crippen LogP) is 3.39. The van der Waals surface area contributed by atoms with Gasteiger partial charge in [-0.1, -0.05) is 41.9 Å². The number of halogens is 1. The van der Waals surface area contributed by atoms with E-state index in [1.807, 2.05) is 6.07 Å². The van der Waals surface area contributed by atoms with Crippen LogP contribution in [-0.4, -0.2) is 18.4 Å². The maximum absolute atomic E-state index is 12.5. The van der Waals surface area contributed by atoms with Gasteiger partial charge in [0.15, 0.2) is 11.0 Å². The lowest BCUT2D eigenvalue weighted by Gasteiger charge is -2.11. The molecule has 0 unspecified atom stereocenters. The van der Waals surface area contributed by atoms with Gasteiger partial charge >= 0.3 is 0 Å². The Balaban J connectivity index is 2.06. The molecular formula is C15H12ClN3O2S. The Morgan fingerprint density at radius 3 is 2.23 bits per heavy atom. The Hall–Kier alpha value is -2.18. The highest BCUT2D eigenvalue weighted by atomic mass is 35.5. The number of aromatic nitrogens is 2. The number of para-hydroxylation sites is 2. The Morgan fingerprint density at radius 2 is 1.55 bits per heavy atom. The minimum atomic E-state index is -3.77.